The van der Waals surface area contributed by atoms with E-state index in [0.29, 0.717) is 25.3 Å². The molecule has 1 amide bonds. The summed E-state index contributed by atoms with van der Waals surface area (Å²) in [6, 6.07) is 9.28. The molecule has 0 aliphatic rings. The van der Waals surface area contributed by atoms with Gasteiger partial charge in [-0.25, -0.2) is 9.78 Å². The van der Waals surface area contributed by atoms with Gasteiger partial charge in [-0.3, -0.25) is 9.36 Å². The summed E-state index contributed by atoms with van der Waals surface area (Å²) in [5.41, 5.74) is 0.798. The van der Waals surface area contributed by atoms with Crippen molar-refractivity contribution in [2.45, 2.75) is 32.9 Å². The Labute approximate surface area is 135 Å². The maximum Gasteiger partial charge on any atom is 0.347 e. The summed E-state index contributed by atoms with van der Waals surface area (Å²) in [7, 11) is 0. The molecule has 1 atom stereocenters. The van der Waals surface area contributed by atoms with Gasteiger partial charge in [0.1, 0.15) is 5.75 Å². The van der Waals surface area contributed by atoms with Crippen molar-refractivity contribution in [2.75, 3.05) is 6.54 Å². The van der Waals surface area contributed by atoms with Gasteiger partial charge >= 0.3 is 5.69 Å². The maximum atomic E-state index is 12.0. The summed E-state index contributed by atoms with van der Waals surface area (Å²) in [5, 5.41) is 2.81. The van der Waals surface area contributed by atoms with Crippen LogP contribution in [0.25, 0.3) is 0 Å². The fraction of sp³-hybridized carbons (Fsp3) is 0.353. The Hall–Kier alpha value is -2.63. The normalized spacial score (nSPS) is 11.7. The second-order valence-corrected chi connectivity index (χ2v) is 5.32. The predicted molar refractivity (Wildman–Crippen MR) is 87.4 cm³/mol. The number of carbonyl (C=O) groups is 1. The first kappa shape index (κ1) is 16.7. The molecular formula is C17H21N3O3. The van der Waals surface area contributed by atoms with Gasteiger partial charge in [0.15, 0.2) is 6.10 Å². The molecule has 0 saturated carbocycles. The largest absolute Gasteiger partial charge is 0.481 e. The Balaban J connectivity index is 1.74. The number of aromatic nitrogens is 2. The lowest BCUT2D eigenvalue weighted by molar-refractivity contribution is -0.127. The third-order valence-corrected chi connectivity index (χ3v) is 3.33. The van der Waals surface area contributed by atoms with Crippen LogP contribution in [-0.4, -0.2) is 28.1 Å². The van der Waals surface area contributed by atoms with E-state index in [1.54, 1.807) is 19.2 Å². The monoisotopic (exact) mass is 315 g/mol. The van der Waals surface area contributed by atoms with E-state index in [2.05, 4.69) is 10.3 Å². The Kier molecular flexibility index (Phi) is 5.91. The summed E-state index contributed by atoms with van der Waals surface area (Å²) in [6.45, 7) is 4.67. The van der Waals surface area contributed by atoms with Crippen LogP contribution in [0.4, 0.5) is 0 Å². The van der Waals surface area contributed by atoms with E-state index in [4.69, 9.17) is 4.74 Å². The lowest BCUT2D eigenvalue weighted by Crippen LogP contribution is -2.37. The van der Waals surface area contributed by atoms with Gasteiger partial charge in [0.05, 0.1) is 0 Å². The van der Waals surface area contributed by atoms with Crippen LogP contribution in [0.15, 0.2) is 47.5 Å². The van der Waals surface area contributed by atoms with Crippen LogP contribution in [0.3, 0.4) is 0 Å². The van der Waals surface area contributed by atoms with Crippen LogP contribution in [0, 0.1) is 6.92 Å². The number of carbonyl (C=O) groups excluding carboxylic acids is 1. The minimum Gasteiger partial charge on any atom is -0.481 e. The standard InChI is InChI=1S/C17H21N3O3/c1-13-6-3-7-15(12-13)23-14(2)16(21)18-8-4-10-20-11-5-9-19-17(20)22/h3,5-7,9,11-12,14H,4,8,10H2,1-2H3,(H,18,21). The highest BCUT2D eigenvalue weighted by Gasteiger charge is 2.13. The first-order valence-electron chi connectivity index (χ1n) is 7.59. The molecule has 0 aliphatic heterocycles. The average Bonchev–Trinajstić information content (AvgIpc) is 2.53. The molecule has 23 heavy (non-hydrogen) atoms. The van der Waals surface area contributed by atoms with E-state index < -0.39 is 6.10 Å². The first-order valence-corrected chi connectivity index (χ1v) is 7.59. The highest BCUT2D eigenvalue weighted by molar-refractivity contribution is 5.80. The van der Waals surface area contributed by atoms with E-state index in [0.717, 1.165) is 5.56 Å². The number of ether oxygens (including phenoxy) is 1. The van der Waals surface area contributed by atoms with Crippen molar-refractivity contribution >= 4 is 5.91 Å². The van der Waals surface area contributed by atoms with Gasteiger partial charge in [0, 0.05) is 25.5 Å². The van der Waals surface area contributed by atoms with E-state index in [1.165, 1.54) is 10.8 Å². The number of hydrogen-bond acceptors (Lipinski definition) is 4. The summed E-state index contributed by atoms with van der Waals surface area (Å²) in [4.78, 5) is 27.1. The van der Waals surface area contributed by atoms with E-state index in [1.807, 2.05) is 31.2 Å². The molecule has 6 nitrogen and oxygen atoms in total. The Morgan fingerprint density at radius 1 is 1.39 bits per heavy atom. The predicted octanol–water partition coefficient (Wildman–Crippen LogP) is 1.53. The third kappa shape index (κ3) is 5.25. The Morgan fingerprint density at radius 3 is 2.96 bits per heavy atom. The molecule has 122 valence electrons. The second-order valence-electron chi connectivity index (χ2n) is 5.32. The number of nitrogens with zero attached hydrogens (tertiary/aromatic N) is 2. The smallest absolute Gasteiger partial charge is 0.347 e. The highest BCUT2D eigenvalue weighted by atomic mass is 16.5. The molecule has 0 radical (unpaired) electrons. The number of rotatable bonds is 7. The lowest BCUT2D eigenvalue weighted by atomic mass is 10.2. The topological polar surface area (TPSA) is 73.2 Å². The molecular weight excluding hydrogens is 294 g/mol. The fourth-order valence-corrected chi connectivity index (χ4v) is 2.11. The van der Waals surface area contributed by atoms with Gasteiger partial charge in [-0.1, -0.05) is 12.1 Å². The lowest BCUT2D eigenvalue weighted by Gasteiger charge is -2.15. The van der Waals surface area contributed by atoms with Crippen LogP contribution in [0.5, 0.6) is 5.75 Å². The second kappa shape index (κ2) is 8.12. The molecule has 1 aromatic heterocycles. The van der Waals surface area contributed by atoms with Crippen LogP contribution in [0.1, 0.15) is 18.9 Å². The van der Waals surface area contributed by atoms with Crippen LogP contribution in [0.2, 0.25) is 0 Å². The van der Waals surface area contributed by atoms with Crippen molar-refractivity contribution in [3.05, 3.63) is 58.8 Å². The van der Waals surface area contributed by atoms with Crippen molar-refractivity contribution in [2.24, 2.45) is 0 Å². The molecule has 1 aromatic carbocycles. The van der Waals surface area contributed by atoms with Crippen molar-refractivity contribution in [3.8, 4) is 5.75 Å². The number of nitrogens with one attached hydrogen (secondary N) is 1. The minimum atomic E-state index is -0.571. The number of aryl methyl sites for hydroxylation is 2. The Bertz CT molecular complexity index is 712. The molecule has 0 bridgehead atoms. The van der Waals surface area contributed by atoms with Crippen LogP contribution < -0.4 is 15.7 Å². The molecule has 0 spiro atoms. The molecule has 0 aliphatic carbocycles. The van der Waals surface area contributed by atoms with E-state index in [-0.39, 0.29) is 11.6 Å². The van der Waals surface area contributed by atoms with Crippen LogP contribution >= 0.6 is 0 Å². The summed E-state index contributed by atoms with van der Waals surface area (Å²) in [6.07, 6.45) is 3.22. The van der Waals surface area contributed by atoms with Crippen molar-refractivity contribution < 1.29 is 9.53 Å². The zero-order chi connectivity index (χ0) is 16.7. The van der Waals surface area contributed by atoms with Gasteiger partial charge in [0.25, 0.3) is 5.91 Å². The first-order chi connectivity index (χ1) is 11.1. The van der Waals surface area contributed by atoms with Gasteiger partial charge in [0.2, 0.25) is 0 Å². The molecule has 2 rings (SSSR count). The molecule has 1 N–H and O–H groups in total. The maximum absolute atomic E-state index is 12.0. The third-order valence-electron chi connectivity index (χ3n) is 3.33. The zero-order valence-electron chi connectivity index (χ0n) is 13.4. The molecule has 1 unspecified atom stereocenters. The quantitative estimate of drug-likeness (QED) is 0.786. The molecule has 2 aromatic rings. The number of amides is 1. The van der Waals surface area contributed by atoms with Crippen molar-refractivity contribution in [1.29, 1.82) is 0 Å². The summed E-state index contributed by atoms with van der Waals surface area (Å²) in [5.74, 6) is 0.500. The zero-order valence-corrected chi connectivity index (χ0v) is 13.4. The average molecular weight is 315 g/mol. The fourth-order valence-electron chi connectivity index (χ4n) is 2.11. The van der Waals surface area contributed by atoms with Crippen molar-refractivity contribution in [1.82, 2.24) is 14.9 Å². The van der Waals surface area contributed by atoms with Crippen LogP contribution in [-0.2, 0) is 11.3 Å². The number of benzene rings is 1. The Morgan fingerprint density at radius 2 is 2.22 bits per heavy atom. The van der Waals surface area contributed by atoms with Gasteiger partial charge in [-0.2, -0.15) is 0 Å². The van der Waals surface area contributed by atoms with E-state index >= 15 is 0 Å². The summed E-state index contributed by atoms with van der Waals surface area (Å²) < 4.78 is 7.13. The SMILES string of the molecule is Cc1cccc(OC(C)C(=O)NCCCn2cccnc2=O)c1. The molecule has 1 heterocycles. The number of hydrogen-bond donors (Lipinski definition) is 1. The van der Waals surface area contributed by atoms with Crippen molar-refractivity contribution in [3.63, 3.8) is 0 Å². The minimum absolute atomic E-state index is 0.176. The highest BCUT2D eigenvalue weighted by Crippen LogP contribution is 2.14. The van der Waals surface area contributed by atoms with E-state index in [9.17, 15) is 9.59 Å². The molecule has 0 saturated heterocycles. The van der Waals surface area contributed by atoms with Gasteiger partial charge in [-0.15, -0.1) is 0 Å². The molecule has 6 heteroatoms. The molecule has 0 fully saturated rings. The van der Waals surface area contributed by atoms with Gasteiger partial charge < -0.3 is 10.1 Å². The summed E-state index contributed by atoms with van der Waals surface area (Å²) >= 11 is 0. The van der Waals surface area contributed by atoms with Gasteiger partial charge in [-0.05, 0) is 44.0 Å².